The Bertz CT molecular complexity index is 530. The Hall–Kier alpha value is -1.69. The Balaban J connectivity index is 2.02. The third-order valence-corrected chi connectivity index (χ3v) is 4.08. The Kier molecular flexibility index (Phi) is 5.12. The summed E-state index contributed by atoms with van der Waals surface area (Å²) in [5, 5.41) is 12.0. The molecule has 0 aromatic carbocycles. The minimum absolute atomic E-state index is 0.0327. The highest BCUT2D eigenvalue weighted by Crippen LogP contribution is 2.42. The van der Waals surface area contributed by atoms with E-state index in [2.05, 4.69) is 15.3 Å². The second kappa shape index (κ2) is 6.85. The topological polar surface area (TPSA) is 92.2 Å². The van der Waals surface area contributed by atoms with Crippen LogP contribution >= 0.6 is 11.6 Å². The number of carboxylic acids is 1. The lowest BCUT2D eigenvalue weighted by Gasteiger charge is -2.35. The maximum Gasteiger partial charge on any atom is 0.303 e. The average Bonchev–Trinajstić information content (AvgIpc) is 2.38. The van der Waals surface area contributed by atoms with Crippen molar-refractivity contribution >= 4 is 29.3 Å². The van der Waals surface area contributed by atoms with E-state index in [-0.39, 0.29) is 23.9 Å². The zero-order valence-electron chi connectivity index (χ0n) is 11.6. The summed E-state index contributed by atoms with van der Waals surface area (Å²) in [5.74, 6) is -0.746. The molecule has 1 heterocycles. The third kappa shape index (κ3) is 4.67. The van der Waals surface area contributed by atoms with Gasteiger partial charge in [0.1, 0.15) is 17.3 Å². The van der Waals surface area contributed by atoms with E-state index in [0.717, 1.165) is 32.1 Å². The summed E-state index contributed by atoms with van der Waals surface area (Å²) in [7, 11) is 0. The van der Waals surface area contributed by atoms with Crippen molar-refractivity contribution in [2.24, 2.45) is 5.41 Å². The summed E-state index contributed by atoms with van der Waals surface area (Å²) in [6.07, 6.45) is 6.09. The molecule has 0 saturated heterocycles. The molecule has 1 aromatic rings. The highest BCUT2D eigenvalue weighted by Gasteiger charge is 2.36. The highest BCUT2D eigenvalue weighted by atomic mass is 35.5. The van der Waals surface area contributed by atoms with Crippen LogP contribution in [0.25, 0.3) is 0 Å². The van der Waals surface area contributed by atoms with E-state index in [4.69, 9.17) is 16.7 Å². The van der Waals surface area contributed by atoms with E-state index >= 15 is 0 Å². The van der Waals surface area contributed by atoms with E-state index in [0.29, 0.717) is 5.82 Å². The summed E-state index contributed by atoms with van der Waals surface area (Å²) in [4.78, 5) is 30.9. The van der Waals surface area contributed by atoms with Gasteiger partial charge in [-0.25, -0.2) is 9.97 Å². The molecular weight excluding hydrogens is 294 g/mol. The summed E-state index contributed by atoms with van der Waals surface area (Å²) < 4.78 is 0. The highest BCUT2D eigenvalue weighted by molar-refractivity contribution is 6.29. The van der Waals surface area contributed by atoms with Crippen LogP contribution in [-0.4, -0.2) is 27.0 Å². The maximum atomic E-state index is 12.2. The normalized spacial score (nSPS) is 17.2. The van der Waals surface area contributed by atoms with Gasteiger partial charge in [-0.1, -0.05) is 30.9 Å². The molecule has 1 aromatic heterocycles. The summed E-state index contributed by atoms with van der Waals surface area (Å²) in [5.41, 5.74) is -0.439. The van der Waals surface area contributed by atoms with Crippen molar-refractivity contribution in [3.63, 3.8) is 0 Å². The van der Waals surface area contributed by atoms with Crippen molar-refractivity contribution in [3.8, 4) is 0 Å². The lowest BCUT2D eigenvalue weighted by molar-refractivity contribution is -0.140. The molecule has 1 aliphatic carbocycles. The number of nitrogens with one attached hydrogen (secondary N) is 1. The number of aliphatic carboxylic acids is 1. The second-order valence-electron chi connectivity index (χ2n) is 5.58. The Morgan fingerprint density at radius 1 is 1.24 bits per heavy atom. The number of rotatable bonds is 5. The van der Waals surface area contributed by atoms with Gasteiger partial charge in [0.05, 0.1) is 6.42 Å². The minimum atomic E-state index is -0.852. The first-order chi connectivity index (χ1) is 9.99. The van der Waals surface area contributed by atoms with Crippen molar-refractivity contribution in [2.45, 2.75) is 44.9 Å². The molecule has 0 radical (unpaired) electrons. The van der Waals surface area contributed by atoms with Gasteiger partial charge in [0.15, 0.2) is 0 Å². The van der Waals surface area contributed by atoms with Gasteiger partial charge in [0, 0.05) is 12.5 Å². The molecule has 1 fully saturated rings. The predicted octanol–water partition coefficient (Wildman–Crippen LogP) is 2.88. The van der Waals surface area contributed by atoms with Crippen molar-refractivity contribution in [3.05, 3.63) is 17.5 Å². The van der Waals surface area contributed by atoms with Gasteiger partial charge in [0.25, 0.3) is 0 Å². The molecule has 2 N–H and O–H groups in total. The number of carbonyl (C=O) groups is 2. The summed E-state index contributed by atoms with van der Waals surface area (Å²) in [6.45, 7) is 0. The number of halogens is 1. The number of aromatic nitrogens is 2. The van der Waals surface area contributed by atoms with Crippen molar-refractivity contribution in [2.75, 3.05) is 5.32 Å². The number of hydrogen-bond acceptors (Lipinski definition) is 4. The molecule has 1 amide bonds. The quantitative estimate of drug-likeness (QED) is 0.816. The second-order valence-corrected chi connectivity index (χ2v) is 5.97. The lowest BCUT2D eigenvalue weighted by Crippen LogP contribution is -2.32. The third-order valence-electron chi connectivity index (χ3n) is 3.88. The molecule has 0 spiro atoms. The first kappa shape index (κ1) is 15.7. The Morgan fingerprint density at radius 3 is 2.57 bits per heavy atom. The van der Waals surface area contributed by atoms with Crippen LogP contribution in [0.3, 0.4) is 0 Å². The summed E-state index contributed by atoms with van der Waals surface area (Å²) in [6, 6.07) is 1.46. The zero-order valence-corrected chi connectivity index (χ0v) is 12.4. The van der Waals surface area contributed by atoms with Crippen molar-refractivity contribution in [1.82, 2.24) is 9.97 Å². The Labute approximate surface area is 127 Å². The van der Waals surface area contributed by atoms with Gasteiger partial charge >= 0.3 is 5.97 Å². The van der Waals surface area contributed by atoms with Gasteiger partial charge in [-0.3, -0.25) is 9.59 Å². The maximum absolute atomic E-state index is 12.2. The monoisotopic (exact) mass is 311 g/mol. The van der Waals surface area contributed by atoms with Gasteiger partial charge < -0.3 is 10.4 Å². The van der Waals surface area contributed by atoms with Gasteiger partial charge in [-0.05, 0) is 18.3 Å². The molecule has 7 heteroatoms. The number of amides is 1. The first-order valence-electron chi connectivity index (χ1n) is 6.98. The SMILES string of the molecule is O=C(O)CC1(CC(=O)Nc2cc(Cl)ncn2)CCCCC1. The first-order valence-corrected chi connectivity index (χ1v) is 7.36. The average molecular weight is 312 g/mol. The molecule has 114 valence electrons. The van der Waals surface area contributed by atoms with Crippen molar-refractivity contribution in [1.29, 1.82) is 0 Å². The number of anilines is 1. The largest absolute Gasteiger partial charge is 0.481 e. The zero-order chi connectivity index (χ0) is 15.3. The molecule has 1 aliphatic rings. The van der Waals surface area contributed by atoms with Crippen LogP contribution in [0.5, 0.6) is 0 Å². The van der Waals surface area contributed by atoms with Crippen LogP contribution < -0.4 is 5.32 Å². The fraction of sp³-hybridized carbons (Fsp3) is 0.571. The molecule has 0 atom stereocenters. The minimum Gasteiger partial charge on any atom is -0.481 e. The Morgan fingerprint density at radius 2 is 1.95 bits per heavy atom. The van der Waals surface area contributed by atoms with Crippen LogP contribution in [0.1, 0.15) is 44.9 Å². The number of carboxylic acid groups (broad SMARTS) is 1. The smallest absolute Gasteiger partial charge is 0.303 e. The fourth-order valence-electron chi connectivity index (χ4n) is 2.97. The fourth-order valence-corrected chi connectivity index (χ4v) is 3.12. The number of nitrogens with zero attached hydrogens (tertiary/aromatic N) is 2. The number of carbonyl (C=O) groups excluding carboxylic acids is 1. The lowest BCUT2D eigenvalue weighted by atomic mass is 9.69. The van der Waals surface area contributed by atoms with E-state index in [9.17, 15) is 9.59 Å². The number of hydrogen-bond donors (Lipinski definition) is 2. The van der Waals surface area contributed by atoms with Gasteiger partial charge in [0.2, 0.25) is 5.91 Å². The van der Waals surface area contributed by atoms with Crippen LogP contribution in [0.2, 0.25) is 5.15 Å². The molecule has 6 nitrogen and oxygen atoms in total. The van der Waals surface area contributed by atoms with Crippen LogP contribution in [0.15, 0.2) is 12.4 Å². The van der Waals surface area contributed by atoms with Gasteiger partial charge in [-0.15, -0.1) is 0 Å². The van der Waals surface area contributed by atoms with E-state index in [1.807, 2.05) is 0 Å². The standard InChI is InChI=1S/C14H18ClN3O3/c15-10-6-11(17-9-16-10)18-12(19)7-14(8-13(20)21)4-2-1-3-5-14/h6,9H,1-5,7-8H2,(H,20,21)(H,16,17,18,19). The van der Waals surface area contributed by atoms with E-state index < -0.39 is 11.4 Å². The molecule has 2 rings (SSSR count). The van der Waals surface area contributed by atoms with Crippen LogP contribution in [-0.2, 0) is 9.59 Å². The molecule has 0 unspecified atom stereocenters. The van der Waals surface area contributed by atoms with Crippen LogP contribution in [0.4, 0.5) is 5.82 Å². The van der Waals surface area contributed by atoms with Crippen molar-refractivity contribution < 1.29 is 14.7 Å². The molecule has 0 aliphatic heterocycles. The molecular formula is C14H18ClN3O3. The van der Waals surface area contributed by atoms with Crippen LogP contribution in [0, 0.1) is 5.41 Å². The van der Waals surface area contributed by atoms with Gasteiger partial charge in [-0.2, -0.15) is 0 Å². The molecule has 1 saturated carbocycles. The van der Waals surface area contributed by atoms with E-state index in [1.54, 1.807) is 0 Å². The predicted molar refractivity (Wildman–Crippen MR) is 78.1 cm³/mol. The van der Waals surface area contributed by atoms with E-state index in [1.165, 1.54) is 12.4 Å². The molecule has 21 heavy (non-hydrogen) atoms. The summed E-state index contributed by atoms with van der Waals surface area (Å²) >= 11 is 5.74. The molecule has 0 bridgehead atoms.